The first-order chi connectivity index (χ1) is 8.25. The number of hydrogen-bond acceptors (Lipinski definition) is 3. The van der Waals surface area contributed by atoms with E-state index in [1.807, 2.05) is 29.5 Å². The Morgan fingerprint density at radius 2 is 2.18 bits per heavy atom. The molecule has 0 amide bonds. The maximum absolute atomic E-state index is 6.24. The molecule has 2 aromatic rings. The molecule has 1 aromatic heterocycles. The average molecular weight is 265 g/mol. The van der Waals surface area contributed by atoms with Crippen molar-refractivity contribution in [3.05, 3.63) is 45.1 Å². The highest BCUT2D eigenvalue weighted by atomic mass is 35.5. The fourth-order valence-corrected chi connectivity index (χ4v) is 3.50. The van der Waals surface area contributed by atoms with Crippen molar-refractivity contribution in [3.8, 4) is 0 Å². The molecule has 0 unspecified atom stereocenters. The van der Waals surface area contributed by atoms with Gasteiger partial charge in [0.25, 0.3) is 0 Å². The van der Waals surface area contributed by atoms with Crippen molar-refractivity contribution in [1.82, 2.24) is 0 Å². The number of benzene rings is 1. The Hall–Kier alpha value is -1.19. The van der Waals surface area contributed by atoms with Gasteiger partial charge in [0.2, 0.25) is 0 Å². The van der Waals surface area contributed by atoms with Gasteiger partial charge in [0, 0.05) is 18.0 Å². The van der Waals surface area contributed by atoms with Crippen molar-refractivity contribution < 1.29 is 0 Å². The first kappa shape index (κ1) is 10.9. The molecule has 0 fully saturated rings. The van der Waals surface area contributed by atoms with Gasteiger partial charge in [0.05, 0.1) is 16.4 Å². The number of hydrogen-bond donors (Lipinski definition) is 1. The number of fused-ring (bicyclic) bond motifs is 1. The van der Waals surface area contributed by atoms with Crippen molar-refractivity contribution >= 4 is 34.3 Å². The average Bonchev–Trinajstić information content (AvgIpc) is 2.76. The van der Waals surface area contributed by atoms with E-state index in [4.69, 9.17) is 17.3 Å². The molecule has 1 aliphatic heterocycles. The third-order valence-electron chi connectivity index (χ3n) is 3.14. The van der Waals surface area contributed by atoms with E-state index in [0.29, 0.717) is 0 Å². The summed E-state index contributed by atoms with van der Waals surface area (Å²) in [6, 6.07) is 7.89. The summed E-state index contributed by atoms with van der Waals surface area (Å²) in [7, 11) is 0. The molecule has 0 saturated carbocycles. The van der Waals surface area contributed by atoms with Gasteiger partial charge in [0.15, 0.2) is 0 Å². The first-order valence-electron chi connectivity index (χ1n) is 5.60. The third kappa shape index (κ3) is 1.90. The Kier molecular flexibility index (Phi) is 2.73. The summed E-state index contributed by atoms with van der Waals surface area (Å²) < 4.78 is 0. The van der Waals surface area contributed by atoms with Gasteiger partial charge in [-0.05, 0) is 35.6 Å². The lowest BCUT2D eigenvalue weighted by Crippen LogP contribution is -2.30. The predicted octanol–water partition coefficient (Wildman–Crippen LogP) is 3.55. The Morgan fingerprint density at radius 1 is 1.29 bits per heavy atom. The molecule has 0 saturated heterocycles. The highest BCUT2D eigenvalue weighted by Gasteiger charge is 2.20. The van der Waals surface area contributed by atoms with E-state index < -0.39 is 0 Å². The molecule has 0 radical (unpaired) electrons. The van der Waals surface area contributed by atoms with Crippen molar-refractivity contribution in [2.24, 2.45) is 0 Å². The smallest absolute Gasteiger partial charge is 0.0792 e. The lowest BCUT2D eigenvalue weighted by molar-refractivity contribution is 0.745. The lowest BCUT2D eigenvalue weighted by Gasteiger charge is -2.30. The third-order valence-corrected chi connectivity index (χ3v) is 4.47. The maximum Gasteiger partial charge on any atom is 0.0792 e. The summed E-state index contributed by atoms with van der Waals surface area (Å²) in [5.74, 6) is 0. The standard InChI is InChI=1S/C13H13ClN2S/c14-10-2-1-3-11(15)13(10)16-6-4-12-9(8-16)5-7-17-12/h1-3,5,7H,4,6,8,15H2. The van der Waals surface area contributed by atoms with Crippen LogP contribution in [0.5, 0.6) is 0 Å². The molecule has 2 heterocycles. The van der Waals surface area contributed by atoms with Gasteiger partial charge in [-0.3, -0.25) is 0 Å². The van der Waals surface area contributed by atoms with Crippen LogP contribution in [0.25, 0.3) is 0 Å². The second-order valence-electron chi connectivity index (χ2n) is 4.22. The number of rotatable bonds is 1. The van der Waals surface area contributed by atoms with E-state index in [1.165, 1.54) is 10.4 Å². The zero-order valence-corrected chi connectivity index (χ0v) is 10.9. The van der Waals surface area contributed by atoms with Gasteiger partial charge in [-0.2, -0.15) is 0 Å². The van der Waals surface area contributed by atoms with Gasteiger partial charge < -0.3 is 10.6 Å². The van der Waals surface area contributed by atoms with Gasteiger partial charge in [-0.25, -0.2) is 0 Å². The van der Waals surface area contributed by atoms with E-state index in [2.05, 4.69) is 16.3 Å². The summed E-state index contributed by atoms with van der Waals surface area (Å²) in [6.07, 6.45) is 1.08. The molecule has 1 aliphatic rings. The van der Waals surface area contributed by atoms with Crippen LogP contribution in [0, 0.1) is 0 Å². The number of anilines is 2. The quantitative estimate of drug-likeness (QED) is 0.799. The van der Waals surface area contributed by atoms with Crippen LogP contribution in [-0.2, 0) is 13.0 Å². The van der Waals surface area contributed by atoms with E-state index in [9.17, 15) is 0 Å². The summed E-state index contributed by atoms with van der Waals surface area (Å²) in [4.78, 5) is 3.76. The van der Waals surface area contributed by atoms with Crippen LogP contribution in [0.2, 0.25) is 5.02 Å². The van der Waals surface area contributed by atoms with Crippen LogP contribution in [0.1, 0.15) is 10.4 Å². The van der Waals surface area contributed by atoms with Crippen molar-refractivity contribution in [1.29, 1.82) is 0 Å². The normalized spacial score (nSPS) is 14.8. The van der Waals surface area contributed by atoms with E-state index >= 15 is 0 Å². The number of para-hydroxylation sites is 1. The minimum Gasteiger partial charge on any atom is -0.397 e. The minimum atomic E-state index is 0.740. The molecular formula is C13H13ClN2S. The number of halogens is 1. The van der Waals surface area contributed by atoms with Crippen LogP contribution in [-0.4, -0.2) is 6.54 Å². The van der Waals surface area contributed by atoms with E-state index in [1.54, 1.807) is 0 Å². The fourth-order valence-electron chi connectivity index (χ4n) is 2.30. The van der Waals surface area contributed by atoms with Crippen LogP contribution in [0.3, 0.4) is 0 Å². The lowest BCUT2D eigenvalue weighted by atomic mass is 10.1. The number of nitrogens with zero attached hydrogens (tertiary/aromatic N) is 1. The Balaban J connectivity index is 1.97. The maximum atomic E-state index is 6.24. The first-order valence-corrected chi connectivity index (χ1v) is 6.85. The Labute approximate surface area is 110 Å². The highest BCUT2D eigenvalue weighted by Crippen LogP contribution is 2.35. The second kappa shape index (κ2) is 4.24. The highest BCUT2D eigenvalue weighted by molar-refractivity contribution is 7.10. The van der Waals surface area contributed by atoms with Crippen LogP contribution in [0.4, 0.5) is 11.4 Å². The molecule has 1 aromatic carbocycles. The molecule has 2 N–H and O–H groups in total. The second-order valence-corrected chi connectivity index (χ2v) is 5.63. The van der Waals surface area contributed by atoms with Gasteiger partial charge >= 0.3 is 0 Å². The summed E-state index contributed by atoms with van der Waals surface area (Å²) >= 11 is 8.08. The number of thiophene rings is 1. The number of nitrogen functional groups attached to an aromatic ring is 1. The molecule has 3 rings (SSSR count). The van der Waals surface area contributed by atoms with Crippen LogP contribution >= 0.6 is 22.9 Å². The van der Waals surface area contributed by atoms with Gasteiger partial charge in [-0.15, -0.1) is 11.3 Å². The summed E-state index contributed by atoms with van der Waals surface area (Å²) in [6.45, 7) is 1.90. The topological polar surface area (TPSA) is 29.3 Å². The molecular weight excluding hydrogens is 252 g/mol. The van der Waals surface area contributed by atoms with Crippen LogP contribution < -0.4 is 10.6 Å². The summed E-state index contributed by atoms with van der Waals surface area (Å²) in [5.41, 5.74) is 9.17. The van der Waals surface area contributed by atoms with E-state index in [0.717, 1.165) is 35.9 Å². The fraction of sp³-hybridized carbons (Fsp3) is 0.231. The zero-order chi connectivity index (χ0) is 11.8. The molecule has 0 bridgehead atoms. The van der Waals surface area contributed by atoms with Crippen molar-refractivity contribution in [3.63, 3.8) is 0 Å². The molecule has 17 heavy (non-hydrogen) atoms. The van der Waals surface area contributed by atoms with Gasteiger partial charge in [0.1, 0.15) is 0 Å². The zero-order valence-electron chi connectivity index (χ0n) is 9.32. The van der Waals surface area contributed by atoms with Crippen molar-refractivity contribution in [2.75, 3.05) is 17.2 Å². The number of nitrogens with two attached hydrogens (primary N) is 1. The molecule has 0 atom stereocenters. The van der Waals surface area contributed by atoms with Gasteiger partial charge in [-0.1, -0.05) is 17.7 Å². The SMILES string of the molecule is Nc1cccc(Cl)c1N1CCc2sccc2C1. The molecule has 88 valence electrons. The Morgan fingerprint density at radius 3 is 3.00 bits per heavy atom. The monoisotopic (exact) mass is 264 g/mol. The summed E-state index contributed by atoms with van der Waals surface area (Å²) in [5, 5.41) is 2.90. The largest absolute Gasteiger partial charge is 0.397 e. The molecule has 0 aliphatic carbocycles. The minimum absolute atomic E-state index is 0.740. The van der Waals surface area contributed by atoms with Crippen LogP contribution in [0.15, 0.2) is 29.6 Å². The molecule has 0 spiro atoms. The molecule has 4 heteroatoms. The van der Waals surface area contributed by atoms with Crippen molar-refractivity contribution in [2.45, 2.75) is 13.0 Å². The van der Waals surface area contributed by atoms with E-state index in [-0.39, 0.29) is 0 Å². The Bertz CT molecular complexity index is 530. The predicted molar refractivity (Wildman–Crippen MR) is 74.9 cm³/mol. The molecule has 2 nitrogen and oxygen atoms in total.